The van der Waals surface area contributed by atoms with E-state index in [1.54, 1.807) is 0 Å². The molecule has 0 fully saturated rings. The Morgan fingerprint density at radius 3 is 1.62 bits per heavy atom. The lowest BCUT2D eigenvalue weighted by molar-refractivity contribution is 0.155. The summed E-state index contributed by atoms with van der Waals surface area (Å²) in [6, 6.07) is 0. The molecule has 0 aromatic heterocycles. The first-order valence-electron chi connectivity index (χ1n) is 1.54. The maximum atomic E-state index is 11.3. The molecule has 0 unspecified atom stereocenters. The molecule has 0 radical (unpaired) electrons. The summed E-state index contributed by atoms with van der Waals surface area (Å²) in [6.07, 6.45) is -3.45. The van der Waals surface area contributed by atoms with E-state index in [1.807, 2.05) is 0 Å². The molecule has 0 aliphatic carbocycles. The minimum Gasteiger partial charge on any atom is -0.202 e. The van der Waals surface area contributed by atoms with E-state index < -0.39 is 17.5 Å². The van der Waals surface area contributed by atoms with Crippen LogP contribution in [0.3, 0.4) is 0 Å². The second kappa shape index (κ2) is 2.91. The molecule has 5 heteroatoms. The number of alkyl halides is 2. The SMILES string of the molecule is FC(Cl)=C(F)C(F)F. The number of hydrogen-bond acceptors (Lipinski definition) is 0. The van der Waals surface area contributed by atoms with Crippen LogP contribution in [0.25, 0.3) is 0 Å². The van der Waals surface area contributed by atoms with Gasteiger partial charge in [0, 0.05) is 0 Å². The Hall–Kier alpha value is -0.250. The molecule has 0 N–H and O–H groups in total. The fraction of sp³-hybridized carbons (Fsp3) is 0.333. The quantitative estimate of drug-likeness (QED) is 0.502. The monoisotopic (exact) mass is 148 g/mol. The predicted octanol–water partition coefficient (Wildman–Crippen LogP) is 2.60. The fourth-order valence-corrected chi connectivity index (χ4v) is 0.165. The van der Waals surface area contributed by atoms with Gasteiger partial charge in [0.2, 0.25) is 11.1 Å². The third kappa shape index (κ3) is 2.16. The number of hydrogen-bond donors (Lipinski definition) is 0. The molecule has 0 saturated heterocycles. The summed E-state index contributed by atoms with van der Waals surface area (Å²) in [6.45, 7) is 0. The van der Waals surface area contributed by atoms with E-state index in [0.29, 0.717) is 0 Å². The van der Waals surface area contributed by atoms with Crippen LogP contribution in [-0.2, 0) is 0 Å². The highest BCUT2D eigenvalue weighted by Crippen LogP contribution is 2.18. The molecule has 0 aliphatic rings. The minimum absolute atomic E-state index is 1.99. The molecular formula is C3HClF4. The molecule has 0 saturated carbocycles. The van der Waals surface area contributed by atoms with Crippen LogP contribution in [0.1, 0.15) is 0 Å². The molecule has 0 aromatic carbocycles. The normalized spacial score (nSPS) is 14.2. The fourth-order valence-electron chi connectivity index (χ4n) is 0.0825. The van der Waals surface area contributed by atoms with Gasteiger partial charge in [0.1, 0.15) is 0 Å². The summed E-state index contributed by atoms with van der Waals surface area (Å²) in [5.74, 6) is -2.22. The van der Waals surface area contributed by atoms with E-state index in [2.05, 4.69) is 11.6 Å². The van der Waals surface area contributed by atoms with Gasteiger partial charge in [0.05, 0.1) is 0 Å². The summed E-state index contributed by atoms with van der Waals surface area (Å²) in [5, 5.41) is -1.99. The Labute approximate surface area is 47.7 Å². The lowest BCUT2D eigenvalue weighted by atomic mass is 10.6. The Morgan fingerprint density at radius 2 is 1.62 bits per heavy atom. The topological polar surface area (TPSA) is 0 Å². The molecule has 0 aromatic rings. The predicted molar refractivity (Wildman–Crippen MR) is 21.1 cm³/mol. The molecule has 8 heavy (non-hydrogen) atoms. The van der Waals surface area contributed by atoms with Crippen LogP contribution in [-0.4, -0.2) is 6.43 Å². The van der Waals surface area contributed by atoms with E-state index in [1.165, 1.54) is 0 Å². The van der Waals surface area contributed by atoms with Gasteiger partial charge < -0.3 is 0 Å². The van der Waals surface area contributed by atoms with E-state index in [9.17, 15) is 17.6 Å². The van der Waals surface area contributed by atoms with Crippen molar-refractivity contribution >= 4 is 11.6 Å². The summed E-state index contributed by atoms with van der Waals surface area (Å²) < 4.78 is 44.3. The van der Waals surface area contributed by atoms with Crippen LogP contribution in [0.4, 0.5) is 17.6 Å². The lowest BCUT2D eigenvalue weighted by Crippen LogP contribution is -1.89. The average Bonchev–Trinajstić information content (AvgIpc) is 1.64. The van der Waals surface area contributed by atoms with Gasteiger partial charge in [-0.15, -0.1) is 0 Å². The Bertz CT molecular complexity index is 104. The number of halogens is 5. The van der Waals surface area contributed by atoms with E-state index >= 15 is 0 Å². The van der Waals surface area contributed by atoms with Crippen molar-refractivity contribution in [2.24, 2.45) is 0 Å². The van der Waals surface area contributed by atoms with Gasteiger partial charge in [0.15, 0.2) is 0 Å². The molecule has 0 aliphatic heterocycles. The summed E-state index contributed by atoms with van der Waals surface area (Å²) in [5.41, 5.74) is 0. The first-order chi connectivity index (χ1) is 3.55. The van der Waals surface area contributed by atoms with Gasteiger partial charge >= 0.3 is 0 Å². The highest BCUT2D eigenvalue weighted by molar-refractivity contribution is 6.28. The Kier molecular flexibility index (Phi) is 2.82. The summed E-state index contributed by atoms with van der Waals surface area (Å²) in [4.78, 5) is 0. The highest BCUT2D eigenvalue weighted by Gasteiger charge is 2.14. The average molecular weight is 148 g/mol. The molecule has 0 rings (SSSR count). The smallest absolute Gasteiger partial charge is 0.202 e. The highest BCUT2D eigenvalue weighted by atomic mass is 35.5. The standard InChI is InChI=1S/C3HClF4/c4-2(6)1(5)3(7)8/h3H. The minimum atomic E-state index is -3.45. The third-order valence-electron chi connectivity index (χ3n) is 0.372. The number of rotatable bonds is 1. The first-order valence-corrected chi connectivity index (χ1v) is 1.92. The van der Waals surface area contributed by atoms with Crippen LogP contribution in [0.15, 0.2) is 11.1 Å². The van der Waals surface area contributed by atoms with Crippen LogP contribution in [0.2, 0.25) is 0 Å². The molecular weight excluding hydrogens is 147 g/mol. The van der Waals surface area contributed by atoms with Crippen molar-refractivity contribution in [3.05, 3.63) is 11.1 Å². The second-order valence-electron chi connectivity index (χ2n) is 0.909. The maximum Gasteiger partial charge on any atom is 0.293 e. The van der Waals surface area contributed by atoms with Gasteiger partial charge in [-0.25, -0.2) is 13.2 Å². The third-order valence-corrected chi connectivity index (χ3v) is 0.553. The van der Waals surface area contributed by atoms with Crippen molar-refractivity contribution in [1.29, 1.82) is 0 Å². The van der Waals surface area contributed by atoms with Crippen LogP contribution < -0.4 is 0 Å². The van der Waals surface area contributed by atoms with Crippen molar-refractivity contribution < 1.29 is 17.6 Å². The molecule has 0 atom stereocenters. The zero-order chi connectivity index (χ0) is 6.73. The van der Waals surface area contributed by atoms with E-state index in [0.717, 1.165) is 0 Å². The lowest BCUT2D eigenvalue weighted by Gasteiger charge is -1.89. The molecule has 0 nitrogen and oxygen atoms in total. The van der Waals surface area contributed by atoms with Crippen molar-refractivity contribution in [1.82, 2.24) is 0 Å². The van der Waals surface area contributed by atoms with Crippen LogP contribution >= 0.6 is 11.6 Å². The van der Waals surface area contributed by atoms with E-state index in [-0.39, 0.29) is 0 Å². The van der Waals surface area contributed by atoms with Gasteiger partial charge in [-0.3, -0.25) is 0 Å². The Balaban J connectivity index is 4.00. The molecule has 0 amide bonds. The van der Waals surface area contributed by atoms with Gasteiger partial charge in [-0.05, 0) is 11.6 Å². The largest absolute Gasteiger partial charge is 0.293 e. The zero-order valence-electron chi connectivity index (χ0n) is 3.47. The zero-order valence-corrected chi connectivity index (χ0v) is 4.22. The second-order valence-corrected chi connectivity index (χ2v) is 1.24. The molecule has 0 spiro atoms. The van der Waals surface area contributed by atoms with Gasteiger partial charge in [-0.1, -0.05) is 0 Å². The van der Waals surface area contributed by atoms with Crippen molar-refractivity contribution in [2.75, 3.05) is 0 Å². The Morgan fingerprint density at radius 1 is 1.25 bits per heavy atom. The van der Waals surface area contributed by atoms with Gasteiger partial charge in [-0.2, -0.15) is 4.39 Å². The van der Waals surface area contributed by atoms with Crippen LogP contribution in [0.5, 0.6) is 0 Å². The number of allylic oxidation sites excluding steroid dienone is 1. The van der Waals surface area contributed by atoms with E-state index in [4.69, 9.17) is 0 Å². The van der Waals surface area contributed by atoms with Crippen molar-refractivity contribution in [2.45, 2.75) is 6.43 Å². The first kappa shape index (κ1) is 7.75. The molecule has 0 heterocycles. The maximum absolute atomic E-state index is 11.3. The van der Waals surface area contributed by atoms with Gasteiger partial charge in [0.25, 0.3) is 6.43 Å². The summed E-state index contributed by atoms with van der Waals surface area (Å²) >= 11 is 4.18. The van der Waals surface area contributed by atoms with Crippen molar-refractivity contribution in [3.63, 3.8) is 0 Å². The summed E-state index contributed by atoms with van der Waals surface area (Å²) in [7, 11) is 0. The van der Waals surface area contributed by atoms with Crippen LogP contribution in [0, 0.1) is 0 Å². The molecule has 0 bridgehead atoms. The van der Waals surface area contributed by atoms with Crippen molar-refractivity contribution in [3.8, 4) is 0 Å². The molecule has 48 valence electrons.